The highest BCUT2D eigenvalue weighted by molar-refractivity contribution is 6.12. The van der Waals surface area contributed by atoms with Crippen LogP contribution in [0.4, 0.5) is 34.1 Å². The van der Waals surface area contributed by atoms with Gasteiger partial charge in [-0.05, 0) is 203 Å². The molecule has 1 aliphatic carbocycles. The number of benzene rings is 8. The largest absolute Gasteiger partial charge is 0.474 e. The van der Waals surface area contributed by atoms with Crippen LogP contribution in [0.3, 0.4) is 0 Å². The number of aryl methyl sites for hydroxylation is 4. The second kappa shape index (κ2) is 29.7. The van der Waals surface area contributed by atoms with Crippen molar-refractivity contribution >= 4 is 45.7 Å². The molecule has 420 valence electrons. The summed E-state index contributed by atoms with van der Waals surface area (Å²) in [4.78, 5) is 22.2. The second-order valence-corrected chi connectivity index (χ2v) is 22.5. The fourth-order valence-electron chi connectivity index (χ4n) is 11.8. The maximum Gasteiger partial charge on any atom is 0.336 e. The molecule has 0 aromatic heterocycles. The number of rotatable bonds is 29. The van der Waals surface area contributed by atoms with E-state index in [9.17, 15) is 4.79 Å². The number of unbranched alkanes of at least 4 members (excludes halogenated alkanes) is 12. The standard InChI is InChI=1S/C77H85N3O2/c1-7-11-15-19-23-57-27-41-65(42-28-57)79(66-43-29-58(30-44-66)24-20-16-12-8-2)69-49-35-61(36-50-69)63-39-53-71-72-54-40-64(56-74(72)75(73(71)55-63)76(78-5)77(81)82-6)62-37-51-70(52-38-62)80(67-45-31-59(32-46-67)25-21-17-13-9-3)68-47-33-60(34-48-68)26-22-18-14-10-4/h27-56H,7-26H2,1-4,6H3. The van der Waals surface area contributed by atoms with Crippen molar-refractivity contribution in [3.05, 3.63) is 232 Å². The molecular formula is C77H85N3O2. The van der Waals surface area contributed by atoms with Gasteiger partial charge in [0.25, 0.3) is 5.70 Å². The highest BCUT2D eigenvalue weighted by Crippen LogP contribution is 2.49. The van der Waals surface area contributed by atoms with Gasteiger partial charge in [0.15, 0.2) is 0 Å². The van der Waals surface area contributed by atoms with Gasteiger partial charge in [-0.15, -0.1) is 0 Å². The van der Waals surface area contributed by atoms with Gasteiger partial charge in [-0.3, -0.25) is 4.79 Å². The van der Waals surface area contributed by atoms with Crippen LogP contribution in [-0.2, 0) is 35.2 Å². The molecule has 0 aliphatic heterocycles. The highest BCUT2D eigenvalue weighted by atomic mass is 16.5. The zero-order valence-electron chi connectivity index (χ0n) is 49.6. The Hall–Kier alpha value is -7.94. The predicted octanol–water partition coefficient (Wildman–Crippen LogP) is 22.3. The van der Waals surface area contributed by atoms with Crippen molar-refractivity contribution in [3.8, 4) is 33.4 Å². The molecule has 0 spiro atoms. The molecule has 0 saturated carbocycles. The number of fused-ring (bicyclic) bond motifs is 3. The number of methoxy groups -OCH3 is 1. The summed E-state index contributed by atoms with van der Waals surface area (Å²) in [5.41, 5.74) is 20.5. The molecule has 8 aromatic rings. The molecule has 0 heterocycles. The Balaban J connectivity index is 1.01. The van der Waals surface area contributed by atoms with Crippen LogP contribution < -0.4 is 9.80 Å². The third-order valence-corrected chi connectivity index (χ3v) is 16.6. The summed E-state index contributed by atoms with van der Waals surface area (Å²) in [5, 5.41) is 0. The summed E-state index contributed by atoms with van der Waals surface area (Å²) in [6, 6.07) is 67.0. The zero-order valence-corrected chi connectivity index (χ0v) is 49.6. The van der Waals surface area contributed by atoms with Crippen LogP contribution in [0.2, 0.25) is 0 Å². The van der Waals surface area contributed by atoms with Crippen LogP contribution in [0.15, 0.2) is 188 Å². The number of carbonyl (C=O) groups excluding carboxylic acids is 1. The Morgan fingerprint density at radius 1 is 0.354 bits per heavy atom. The number of ether oxygens (including phenoxy) is 1. The molecule has 0 saturated heterocycles. The fraction of sp³-hybridized carbons (Fsp3) is 0.325. The molecule has 0 fully saturated rings. The van der Waals surface area contributed by atoms with Crippen LogP contribution in [-0.4, -0.2) is 13.1 Å². The van der Waals surface area contributed by atoms with Gasteiger partial charge in [-0.2, -0.15) is 0 Å². The maximum atomic E-state index is 13.6. The van der Waals surface area contributed by atoms with Crippen molar-refractivity contribution in [1.82, 2.24) is 0 Å². The molecule has 1 aliphatic rings. The topological polar surface area (TPSA) is 37.1 Å². The minimum atomic E-state index is -0.642. The molecule has 0 amide bonds. The van der Waals surface area contributed by atoms with Gasteiger partial charge >= 0.3 is 5.97 Å². The zero-order chi connectivity index (χ0) is 57.0. The first kappa shape index (κ1) is 58.7. The Bertz CT molecular complexity index is 3060. The first-order valence-corrected chi connectivity index (χ1v) is 31.0. The molecule has 82 heavy (non-hydrogen) atoms. The van der Waals surface area contributed by atoms with Crippen LogP contribution >= 0.6 is 0 Å². The minimum Gasteiger partial charge on any atom is -0.474 e. The Kier molecular flexibility index (Phi) is 21.2. The molecule has 9 rings (SSSR count). The first-order valence-electron chi connectivity index (χ1n) is 31.0. The highest BCUT2D eigenvalue weighted by Gasteiger charge is 2.31. The van der Waals surface area contributed by atoms with Gasteiger partial charge < -0.3 is 14.5 Å². The summed E-state index contributed by atoms with van der Waals surface area (Å²) in [5.74, 6) is -0.642. The maximum absolute atomic E-state index is 13.6. The summed E-state index contributed by atoms with van der Waals surface area (Å²) in [6.45, 7) is 17.4. The number of anilines is 6. The van der Waals surface area contributed by atoms with E-state index in [0.717, 1.165) is 104 Å². The van der Waals surface area contributed by atoms with Crippen LogP contribution in [0.5, 0.6) is 0 Å². The van der Waals surface area contributed by atoms with E-state index in [4.69, 9.17) is 11.3 Å². The van der Waals surface area contributed by atoms with Gasteiger partial charge in [-0.25, -0.2) is 4.85 Å². The molecule has 5 nitrogen and oxygen atoms in total. The van der Waals surface area contributed by atoms with Gasteiger partial charge in [0.05, 0.1) is 13.7 Å². The second-order valence-electron chi connectivity index (χ2n) is 22.5. The quantitative estimate of drug-likeness (QED) is 0.0203. The van der Waals surface area contributed by atoms with E-state index in [0.29, 0.717) is 5.57 Å². The lowest BCUT2D eigenvalue weighted by atomic mass is 9.95. The van der Waals surface area contributed by atoms with Crippen molar-refractivity contribution in [3.63, 3.8) is 0 Å². The Morgan fingerprint density at radius 3 is 0.878 bits per heavy atom. The number of esters is 1. The average Bonchev–Trinajstić information content (AvgIpc) is 4.10. The van der Waals surface area contributed by atoms with Gasteiger partial charge in [0.2, 0.25) is 0 Å². The Morgan fingerprint density at radius 2 is 0.622 bits per heavy atom. The molecule has 0 unspecified atom stereocenters. The van der Waals surface area contributed by atoms with E-state index in [1.165, 1.54) is 132 Å². The number of carbonyl (C=O) groups is 1. The van der Waals surface area contributed by atoms with Crippen molar-refractivity contribution in [1.29, 1.82) is 0 Å². The molecule has 8 aromatic carbocycles. The normalized spacial score (nSPS) is 11.5. The van der Waals surface area contributed by atoms with Crippen LogP contribution in [0.25, 0.3) is 43.8 Å². The Labute approximate surface area is 491 Å². The summed E-state index contributed by atoms with van der Waals surface area (Å²) >= 11 is 0. The van der Waals surface area contributed by atoms with Crippen molar-refractivity contribution in [2.45, 2.75) is 156 Å². The minimum absolute atomic E-state index is 0.0216. The van der Waals surface area contributed by atoms with E-state index < -0.39 is 5.97 Å². The lowest BCUT2D eigenvalue weighted by Gasteiger charge is -2.26. The van der Waals surface area contributed by atoms with Crippen molar-refractivity contribution in [2.75, 3.05) is 16.9 Å². The van der Waals surface area contributed by atoms with E-state index in [1.54, 1.807) is 0 Å². The lowest BCUT2D eigenvalue weighted by Crippen LogP contribution is -2.10. The molecule has 5 heteroatoms. The van der Waals surface area contributed by atoms with Gasteiger partial charge in [-0.1, -0.05) is 202 Å². The third-order valence-electron chi connectivity index (χ3n) is 16.6. The predicted molar refractivity (Wildman–Crippen MR) is 348 cm³/mol. The van der Waals surface area contributed by atoms with E-state index in [-0.39, 0.29) is 5.70 Å². The van der Waals surface area contributed by atoms with Crippen molar-refractivity contribution in [2.24, 2.45) is 0 Å². The summed E-state index contributed by atoms with van der Waals surface area (Å²) < 4.78 is 5.30. The third kappa shape index (κ3) is 14.6. The number of hydrogen-bond donors (Lipinski definition) is 0. The number of nitrogens with zero attached hydrogens (tertiary/aromatic N) is 3. The summed E-state index contributed by atoms with van der Waals surface area (Å²) in [7, 11) is 1.35. The van der Waals surface area contributed by atoms with E-state index >= 15 is 0 Å². The fourth-order valence-corrected chi connectivity index (χ4v) is 11.8. The first-order chi connectivity index (χ1) is 40.3. The molecule has 0 bridgehead atoms. The molecule has 0 atom stereocenters. The van der Waals surface area contributed by atoms with Gasteiger partial charge in [0.1, 0.15) is 0 Å². The SMILES string of the molecule is [C-]#[N+]C(C(=O)OC)=C1c2cc(-c3ccc(N(c4ccc(CCCCCC)cc4)c4ccc(CCCCCC)cc4)cc3)ccc2-c2ccc(-c3ccc(N(c4ccc(CCCCCC)cc4)c4ccc(CCCCCC)cc4)cc3)cc21. The monoisotopic (exact) mass is 1080 g/mol. The average molecular weight is 1080 g/mol. The van der Waals surface area contributed by atoms with E-state index in [1.807, 2.05) is 0 Å². The lowest BCUT2D eigenvalue weighted by molar-refractivity contribution is -0.135. The van der Waals surface area contributed by atoms with Gasteiger partial charge in [0, 0.05) is 39.7 Å². The smallest absolute Gasteiger partial charge is 0.336 e. The van der Waals surface area contributed by atoms with E-state index in [2.05, 4.69) is 224 Å². The molecule has 0 N–H and O–H groups in total. The van der Waals surface area contributed by atoms with Crippen LogP contribution in [0, 0.1) is 6.57 Å². The van der Waals surface area contributed by atoms with Crippen LogP contribution in [0.1, 0.15) is 164 Å². The summed E-state index contributed by atoms with van der Waals surface area (Å²) in [6.07, 6.45) is 24.4. The van der Waals surface area contributed by atoms with Crippen molar-refractivity contribution < 1.29 is 9.53 Å². The molecular weight excluding hydrogens is 999 g/mol. The molecule has 0 radical (unpaired) electrons. The number of hydrogen-bond acceptors (Lipinski definition) is 4.